The van der Waals surface area contributed by atoms with E-state index in [1.165, 1.54) is 5.57 Å². The Kier molecular flexibility index (Phi) is 1.64. The number of rotatable bonds is 0. The molecule has 0 aliphatic heterocycles. The van der Waals surface area contributed by atoms with E-state index >= 15 is 0 Å². The normalized spacial score (nSPS) is 34.3. The molecular weight excluding hydrogens is 134 g/mol. The van der Waals surface area contributed by atoms with Crippen LogP contribution in [-0.4, -0.2) is 5.00 Å². The van der Waals surface area contributed by atoms with Crippen molar-refractivity contribution in [2.24, 2.45) is 5.73 Å². The molecule has 1 unspecified atom stereocenters. The van der Waals surface area contributed by atoms with E-state index in [-0.39, 0.29) is 0 Å². The van der Waals surface area contributed by atoms with Gasteiger partial charge in [0.2, 0.25) is 0 Å². The molecule has 0 radical (unpaired) electrons. The molecule has 0 aromatic rings. The lowest BCUT2D eigenvalue weighted by Gasteiger charge is -2.20. The number of allylic oxidation sites excluding steroid dienone is 2. The van der Waals surface area contributed by atoms with Crippen LogP contribution in [0.2, 0.25) is 0 Å². The zero-order valence-electron chi connectivity index (χ0n) is 5.39. The van der Waals surface area contributed by atoms with Crippen LogP contribution in [0.3, 0.4) is 0 Å². The molecule has 1 aliphatic rings. The van der Waals surface area contributed by atoms with Gasteiger partial charge in [-0.25, -0.2) is 0 Å². The van der Waals surface area contributed by atoms with Crippen molar-refractivity contribution < 1.29 is 0 Å². The maximum atomic E-state index is 5.82. The van der Waals surface area contributed by atoms with E-state index in [0.717, 1.165) is 6.42 Å². The molecule has 2 heteroatoms. The first kappa shape index (κ1) is 6.84. The van der Waals surface area contributed by atoms with Gasteiger partial charge in [-0.1, -0.05) is 29.3 Å². The highest BCUT2D eigenvalue weighted by Gasteiger charge is 2.19. The molecule has 0 bridgehead atoms. The molecule has 0 saturated carbocycles. The predicted molar refractivity (Wildman–Crippen MR) is 40.3 cm³/mol. The second-order valence-corrected chi connectivity index (χ2v) is 3.18. The highest BCUT2D eigenvalue weighted by molar-refractivity contribution is 6.25. The Hall–Kier alpha value is -0.270. The summed E-state index contributed by atoms with van der Waals surface area (Å²) in [5.41, 5.74) is 6.84. The maximum absolute atomic E-state index is 5.82. The summed E-state index contributed by atoms with van der Waals surface area (Å²) >= 11 is 5.82. The van der Waals surface area contributed by atoms with Crippen molar-refractivity contribution in [2.45, 2.75) is 18.3 Å². The number of hydrogen-bond acceptors (Lipinski definition) is 1. The van der Waals surface area contributed by atoms with Gasteiger partial charge in [0.15, 0.2) is 0 Å². The van der Waals surface area contributed by atoms with Crippen LogP contribution in [0.1, 0.15) is 13.3 Å². The third-order valence-electron chi connectivity index (χ3n) is 1.30. The molecule has 0 spiro atoms. The van der Waals surface area contributed by atoms with E-state index in [1.807, 2.05) is 25.2 Å². The van der Waals surface area contributed by atoms with Gasteiger partial charge in [0, 0.05) is 6.42 Å². The predicted octanol–water partition coefficient (Wildman–Crippen LogP) is 1.79. The van der Waals surface area contributed by atoms with E-state index in [2.05, 4.69) is 0 Å². The summed E-state index contributed by atoms with van der Waals surface area (Å²) in [7, 11) is 0. The Bertz CT molecular complexity index is 168. The van der Waals surface area contributed by atoms with E-state index in [1.54, 1.807) is 0 Å². The second-order valence-electron chi connectivity index (χ2n) is 2.48. The highest BCUT2D eigenvalue weighted by atomic mass is 35.5. The molecule has 0 saturated heterocycles. The lowest BCUT2D eigenvalue weighted by atomic mass is 10.0. The highest BCUT2D eigenvalue weighted by Crippen LogP contribution is 2.23. The topological polar surface area (TPSA) is 26.0 Å². The van der Waals surface area contributed by atoms with Crippen molar-refractivity contribution >= 4 is 11.6 Å². The number of halogens is 1. The lowest BCUT2D eigenvalue weighted by molar-refractivity contribution is 0.715. The smallest absolute Gasteiger partial charge is 0.114 e. The van der Waals surface area contributed by atoms with Crippen molar-refractivity contribution in [3.05, 3.63) is 23.8 Å². The van der Waals surface area contributed by atoms with Gasteiger partial charge in [0.25, 0.3) is 0 Å². The van der Waals surface area contributed by atoms with Crippen LogP contribution in [0, 0.1) is 0 Å². The Morgan fingerprint density at radius 3 is 2.78 bits per heavy atom. The first-order chi connectivity index (χ1) is 4.10. The summed E-state index contributed by atoms with van der Waals surface area (Å²) in [6.07, 6.45) is 6.48. The fourth-order valence-corrected chi connectivity index (χ4v) is 1.20. The van der Waals surface area contributed by atoms with Crippen molar-refractivity contribution in [1.29, 1.82) is 0 Å². The Morgan fingerprint density at radius 2 is 2.44 bits per heavy atom. The van der Waals surface area contributed by atoms with E-state index in [4.69, 9.17) is 17.3 Å². The summed E-state index contributed by atoms with van der Waals surface area (Å²) < 4.78 is 0. The quantitative estimate of drug-likeness (QED) is 0.406. The minimum atomic E-state index is -0.626. The lowest BCUT2D eigenvalue weighted by Crippen LogP contribution is -2.31. The van der Waals surface area contributed by atoms with Gasteiger partial charge in [0.1, 0.15) is 5.00 Å². The standard InChI is InChI=1S/C7H10ClN/c1-6-3-2-4-7(8,9)5-6/h2-4H,5,9H2,1H3. The van der Waals surface area contributed by atoms with Crippen LogP contribution in [0.15, 0.2) is 23.8 Å². The number of alkyl halides is 1. The average molecular weight is 144 g/mol. The molecule has 0 aromatic heterocycles. The summed E-state index contributed by atoms with van der Waals surface area (Å²) in [5, 5.41) is 0. The third kappa shape index (κ3) is 1.84. The van der Waals surface area contributed by atoms with Crippen LogP contribution in [0.4, 0.5) is 0 Å². The van der Waals surface area contributed by atoms with Crippen LogP contribution >= 0.6 is 11.6 Å². The molecule has 1 nitrogen and oxygen atoms in total. The minimum absolute atomic E-state index is 0.626. The molecular formula is C7H10ClN. The van der Waals surface area contributed by atoms with E-state index in [0.29, 0.717) is 0 Å². The second kappa shape index (κ2) is 2.16. The largest absolute Gasteiger partial charge is 0.309 e. The molecule has 0 heterocycles. The fourth-order valence-electron chi connectivity index (χ4n) is 0.918. The molecule has 50 valence electrons. The molecule has 9 heavy (non-hydrogen) atoms. The zero-order valence-corrected chi connectivity index (χ0v) is 6.15. The Labute approximate surface area is 60.2 Å². The van der Waals surface area contributed by atoms with Crippen molar-refractivity contribution in [2.75, 3.05) is 0 Å². The van der Waals surface area contributed by atoms with Gasteiger partial charge < -0.3 is 5.73 Å². The van der Waals surface area contributed by atoms with E-state index < -0.39 is 5.00 Å². The average Bonchev–Trinajstić information content (AvgIpc) is 1.60. The van der Waals surface area contributed by atoms with Gasteiger partial charge in [0.05, 0.1) is 0 Å². The third-order valence-corrected chi connectivity index (χ3v) is 1.56. The maximum Gasteiger partial charge on any atom is 0.114 e. The van der Waals surface area contributed by atoms with E-state index in [9.17, 15) is 0 Å². The van der Waals surface area contributed by atoms with Crippen LogP contribution < -0.4 is 5.73 Å². The summed E-state index contributed by atoms with van der Waals surface area (Å²) in [6.45, 7) is 2.02. The van der Waals surface area contributed by atoms with Crippen LogP contribution in [0.25, 0.3) is 0 Å². The number of nitrogens with two attached hydrogens (primary N) is 1. The first-order valence-electron chi connectivity index (χ1n) is 2.93. The summed E-state index contributed by atoms with van der Waals surface area (Å²) in [6, 6.07) is 0. The molecule has 2 N–H and O–H groups in total. The molecule has 1 atom stereocenters. The number of hydrogen-bond donors (Lipinski definition) is 1. The van der Waals surface area contributed by atoms with Crippen LogP contribution in [0.5, 0.6) is 0 Å². The van der Waals surface area contributed by atoms with Gasteiger partial charge in [-0.05, 0) is 13.0 Å². The minimum Gasteiger partial charge on any atom is -0.309 e. The van der Waals surface area contributed by atoms with Gasteiger partial charge in [-0.3, -0.25) is 0 Å². The SMILES string of the molecule is CC1=CC=CC(N)(Cl)C1. The molecule has 0 amide bonds. The van der Waals surface area contributed by atoms with Gasteiger partial charge in [-0.2, -0.15) is 0 Å². The van der Waals surface area contributed by atoms with Crippen molar-refractivity contribution in [3.8, 4) is 0 Å². The molecule has 1 rings (SSSR count). The fraction of sp³-hybridized carbons (Fsp3) is 0.429. The van der Waals surface area contributed by atoms with Gasteiger partial charge in [-0.15, -0.1) is 0 Å². The summed E-state index contributed by atoms with van der Waals surface area (Å²) in [5.74, 6) is 0. The summed E-state index contributed by atoms with van der Waals surface area (Å²) in [4.78, 5) is -0.626. The molecule has 0 fully saturated rings. The Balaban J connectivity index is 2.73. The molecule has 0 aromatic carbocycles. The first-order valence-corrected chi connectivity index (χ1v) is 3.31. The van der Waals surface area contributed by atoms with Crippen LogP contribution in [-0.2, 0) is 0 Å². The Morgan fingerprint density at radius 1 is 1.78 bits per heavy atom. The van der Waals surface area contributed by atoms with Crippen molar-refractivity contribution in [1.82, 2.24) is 0 Å². The van der Waals surface area contributed by atoms with Crippen molar-refractivity contribution in [3.63, 3.8) is 0 Å². The molecule has 1 aliphatic carbocycles. The zero-order chi connectivity index (χ0) is 6.91. The van der Waals surface area contributed by atoms with Gasteiger partial charge >= 0.3 is 0 Å². The monoisotopic (exact) mass is 143 g/mol.